The smallest absolute Gasteiger partial charge is 0.0890 e. The van der Waals surface area contributed by atoms with Gasteiger partial charge in [0, 0.05) is 38.6 Å². The van der Waals surface area contributed by atoms with Crippen LogP contribution in [-0.4, -0.2) is 41.0 Å². The summed E-state index contributed by atoms with van der Waals surface area (Å²) in [6.07, 6.45) is 10.3. The lowest BCUT2D eigenvalue weighted by Gasteiger charge is -2.30. The first-order valence-electron chi connectivity index (χ1n) is 11.1. The van der Waals surface area contributed by atoms with Crippen LogP contribution in [0.25, 0.3) is 11.0 Å². The van der Waals surface area contributed by atoms with Crippen molar-refractivity contribution >= 4 is 11.0 Å². The minimum Gasteiger partial charge on any atom is -0.380 e. The fourth-order valence-electron chi connectivity index (χ4n) is 3.88. The summed E-state index contributed by atoms with van der Waals surface area (Å²) in [5.74, 6) is 0. The van der Waals surface area contributed by atoms with E-state index in [1.165, 1.54) is 28.1 Å². The number of hydrogen-bond acceptors (Lipinski definition) is 5. The van der Waals surface area contributed by atoms with Gasteiger partial charge in [0.05, 0.1) is 22.4 Å². The van der Waals surface area contributed by atoms with Gasteiger partial charge in [-0.2, -0.15) is 0 Å². The number of allylic oxidation sites excluding steroid dienone is 4. The van der Waals surface area contributed by atoms with E-state index < -0.39 is 0 Å². The molecule has 5 nitrogen and oxygen atoms in total. The fourth-order valence-corrected chi connectivity index (χ4v) is 3.88. The fraction of sp³-hybridized carbons (Fsp3) is 0.440. The van der Waals surface area contributed by atoms with E-state index in [0.717, 1.165) is 56.6 Å². The number of hydrogen-bond donors (Lipinski definition) is 2. The van der Waals surface area contributed by atoms with Crippen LogP contribution >= 0.6 is 0 Å². The first-order chi connectivity index (χ1) is 14.6. The molecular formula is C25H35N5. The lowest BCUT2D eigenvalue weighted by molar-refractivity contribution is 0.366. The summed E-state index contributed by atoms with van der Waals surface area (Å²) >= 11 is 0. The van der Waals surface area contributed by atoms with E-state index in [1.807, 2.05) is 6.07 Å². The predicted octanol–water partition coefficient (Wildman–Crippen LogP) is 4.55. The van der Waals surface area contributed by atoms with Gasteiger partial charge in [0.15, 0.2) is 0 Å². The lowest BCUT2D eigenvalue weighted by Crippen LogP contribution is -2.32. The normalized spacial score (nSPS) is 17.0. The van der Waals surface area contributed by atoms with E-state index in [-0.39, 0.29) is 0 Å². The Morgan fingerprint density at radius 1 is 1.13 bits per heavy atom. The third-order valence-electron chi connectivity index (χ3n) is 5.61. The van der Waals surface area contributed by atoms with Gasteiger partial charge in [-0.05, 0) is 63.4 Å². The van der Waals surface area contributed by atoms with E-state index in [1.54, 1.807) is 12.4 Å². The average Bonchev–Trinajstić information content (AvgIpc) is 3.05. The zero-order chi connectivity index (χ0) is 21.3. The Bertz CT molecular complexity index is 933. The van der Waals surface area contributed by atoms with E-state index in [9.17, 15) is 0 Å². The maximum Gasteiger partial charge on any atom is 0.0890 e. The number of benzene rings is 1. The first-order valence-corrected chi connectivity index (χ1v) is 11.1. The van der Waals surface area contributed by atoms with Gasteiger partial charge in [-0.3, -0.25) is 9.97 Å². The van der Waals surface area contributed by atoms with Gasteiger partial charge in [-0.1, -0.05) is 30.7 Å². The van der Waals surface area contributed by atoms with Crippen molar-refractivity contribution in [3.05, 3.63) is 70.8 Å². The molecule has 1 aliphatic rings. The molecule has 0 spiro atoms. The van der Waals surface area contributed by atoms with Gasteiger partial charge in [-0.15, -0.1) is 0 Å². The molecule has 2 N–H and O–H groups in total. The highest BCUT2D eigenvalue weighted by Gasteiger charge is 2.18. The van der Waals surface area contributed by atoms with Crippen molar-refractivity contribution in [1.82, 2.24) is 25.5 Å². The molecule has 3 rings (SSSR count). The topological polar surface area (TPSA) is 53.1 Å². The Morgan fingerprint density at radius 2 is 1.93 bits per heavy atom. The van der Waals surface area contributed by atoms with E-state index in [0.29, 0.717) is 0 Å². The second-order valence-corrected chi connectivity index (χ2v) is 7.90. The summed E-state index contributed by atoms with van der Waals surface area (Å²) in [6, 6.07) is 6.30. The molecule has 0 bridgehead atoms. The highest BCUT2D eigenvalue weighted by molar-refractivity contribution is 5.74. The van der Waals surface area contributed by atoms with Crippen molar-refractivity contribution in [3.63, 3.8) is 0 Å². The van der Waals surface area contributed by atoms with Gasteiger partial charge in [0.1, 0.15) is 0 Å². The zero-order valence-electron chi connectivity index (χ0n) is 18.8. The summed E-state index contributed by atoms with van der Waals surface area (Å²) in [5, 5.41) is 7.23. The Kier molecular flexibility index (Phi) is 8.03. The highest BCUT2D eigenvalue weighted by Crippen LogP contribution is 2.22. The molecule has 2 heterocycles. The summed E-state index contributed by atoms with van der Waals surface area (Å²) in [4.78, 5) is 11.3. The van der Waals surface area contributed by atoms with Gasteiger partial charge in [-0.25, -0.2) is 0 Å². The van der Waals surface area contributed by atoms with Crippen LogP contribution in [0.2, 0.25) is 0 Å². The minimum absolute atomic E-state index is 0.755. The van der Waals surface area contributed by atoms with Crippen LogP contribution in [0, 0.1) is 0 Å². The van der Waals surface area contributed by atoms with Crippen LogP contribution in [0.1, 0.15) is 46.1 Å². The van der Waals surface area contributed by atoms with Crippen molar-refractivity contribution in [3.8, 4) is 0 Å². The second kappa shape index (κ2) is 10.9. The average molecular weight is 406 g/mol. The molecule has 1 fully saturated rings. The maximum absolute atomic E-state index is 4.44. The second-order valence-electron chi connectivity index (χ2n) is 7.90. The molecule has 1 saturated heterocycles. The number of aromatic nitrogens is 2. The molecule has 0 radical (unpaired) electrons. The van der Waals surface area contributed by atoms with Gasteiger partial charge in [0.25, 0.3) is 0 Å². The Morgan fingerprint density at radius 3 is 2.70 bits per heavy atom. The van der Waals surface area contributed by atoms with E-state index >= 15 is 0 Å². The molecule has 0 atom stereocenters. The van der Waals surface area contributed by atoms with Crippen LogP contribution in [0.5, 0.6) is 0 Å². The van der Waals surface area contributed by atoms with Crippen LogP contribution < -0.4 is 10.6 Å². The van der Waals surface area contributed by atoms with Crippen molar-refractivity contribution < 1.29 is 0 Å². The lowest BCUT2D eigenvalue weighted by atomic mass is 10.1. The summed E-state index contributed by atoms with van der Waals surface area (Å²) < 4.78 is 0. The SMILES string of the molecule is C\C=C(NCc1ccc2nccnc2c1)/C(=C(C)\C=C(/C)CC)N1CCCNCC1. The molecule has 0 saturated carbocycles. The van der Waals surface area contributed by atoms with Crippen molar-refractivity contribution in [2.75, 3.05) is 26.2 Å². The van der Waals surface area contributed by atoms with Gasteiger partial charge < -0.3 is 15.5 Å². The minimum atomic E-state index is 0.755. The largest absolute Gasteiger partial charge is 0.380 e. The van der Waals surface area contributed by atoms with E-state index in [4.69, 9.17) is 0 Å². The standard InChI is InChI=1S/C25H35N5/c1-5-19(3)16-20(4)25(30-14-7-10-26-13-15-30)22(6-2)29-18-21-8-9-23-24(17-21)28-12-11-27-23/h6,8-9,11-12,16-17,26,29H,5,7,10,13-15,18H2,1-4H3/b19-16+,22-6+,25-20+. The van der Waals surface area contributed by atoms with Gasteiger partial charge in [0.2, 0.25) is 0 Å². The molecule has 1 aliphatic heterocycles. The predicted molar refractivity (Wildman–Crippen MR) is 126 cm³/mol. The van der Waals surface area contributed by atoms with Gasteiger partial charge >= 0.3 is 0 Å². The molecule has 1 aromatic carbocycles. The Labute approximate surface area is 181 Å². The third-order valence-corrected chi connectivity index (χ3v) is 5.61. The Hall–Kier alpha value is -2.66. The number of fused-ring (bicyclic) bond motifs is 1. The number of rotatable bonds is 7. The molecule has 160 valence electrons. The molecule has 0 unspecified atom stereocenters. The third kappa shape index (κ3) is 5.70. The van der Waals surface area contributed by atoms with Crippen molar-refractivity contribution in [1.29, 1.82) is 0 Å². The molecule has 0 aliphatic carbocycles. The van der Waals surface area contributed by atoms with E-state index in [2.05, 4.69) is 77.5 Å². The quantitative estimate of drug-likeness (QED) is 0.662. The summed E-state index contributed by atoms with van der Waals surface area (Å²) in [5.41, 5.74) is 8.30. The molecule has 30 heavy (non-hydrogen) atoms. The summed E-state index contributed by atoms with van der Waals surface area (Å²) in [6.45, 7) is 13.7. The molecule has 1 aromatic heterocycles. The van der Waals surface area contributed by atoms with Crippen LogP contribution in [0.15, 0.2) is 65.3 Å². The van der Waals surface area contributed by atoms with Crippen LogP contribution in [-0.2, 0) is 6.54 Å². The number of nitrogens with one attached hydrogen (secondary N) is 2. The highest BCUT2D eigenvalue weighted by atomic mass is 15.2. The molecule has 5 heteroatoms. The molecular weight excluding hydrogens is 370 g/mol. The maximum atomic E-state index is 4.44. The van der Waals surface area contributed by atoms with Crippen molar-refractivity contribution in [2.24, 2.45) is 0 Å². The van der Waals surface area contributed by atoms with Crippen LogP contribution in [0.3, 0.4) is 0 Å². The summed E-state index contributed by atoms with van der Waals surface area (Å²) in [7, 11) is 0. The monoisotopic (exact) mass is 405 g/mol. The Balaban J connectivity index is 1.86. The zero-order valence-corrected chi connectivity index (χ0v) is 18.8. The molecule has 0 amide bonds. The number of nitrogens with zero attached hydrogens (tertiary/aromatic N) is 3. The van der Waals surface area contributed by atoms with Crippen LogP contribution in [0.4, 0.5) is 0 Å². The van der Waals surface area contributed by atoms with Crippen molar-refractivity contribution in [2.45, 2.75) is 47.1 Å². The molecule has 2 aromatic rings. The first kappa shape index (κ1) is 22.0.